The lowest BCUT2D eigenvalue weighted by molar-refractivity contribution is -0.136. The van der Waals surface area contributed by atoms with Crippen LogP contribution in [0.15, 0.2) is 0 Å². The molecular formula is C11H18ClF3N4. The summed E-state index contributed by atoms with van der Waals surface area (Å²) >= 11 is 6.15. The van der Waals surface area contributed by atoms with E-state index in [1.54, 1.807) is 11.7 Å². The topological polar surface area (TPSA) is 55.9 Å². The van der Waals surface area contributed by atoms with E-state index in [1.807, 2.05) is 6.92 Å². The van der Waals surface area contributed by atoms with Crippen molar-refractivity contribution in [2.75, 3.05) is 0 Å². The second-order valence-corrected chi connectivity index (χ2v) is 4.78. The first kappa shape index (κ1) is 16.3. The summed E-state index contributed by atoms with van der Waals surface area (Å²) in [7, 11) is 1.72. The third-order valence-electron chi connectivity index (χ3n) is 2.95. The Morgan fingerprint density at radius 3 is 2.53 bits per heavy atom. The Hall–Kier alpha value is -0.790. The summed E-state index contributed by atoms with van der Waals surface area (Å²) in [6.45, 7) is 1.92. The van der Waals surface area contributed by atoms with Gasteiger partial charge in [0, 0.05) is 25.9 Å². The van der Waals surface area contributed by atoms with Crippen molar-refractivity contribution in [1.82, 2.24) is 15.2 Å². The Labute approximate surface area is 115 Å². The fourth-order valence-corrected chi connectivity index (χ4v) is 2.23. The van der Waals surface area contributed by atoms with Gasteiger partial charge < -0.3 is 0 Å². The highest BCUT2D eigenvalue weighted by Gasteiger charge is 2.28. The highest BCUT2D eigenvalue weighted by atomic mass is 35.5. The van der Waals surface area contributed by atoms with E-state index in [0.29, 0.717) is 23.6 Å². The number of alkyl halides is 3. The van der Waals surface area contributed by atoms with E-state index in [0.717, 1.165) is 5.69 Å². The molecule has 0 aromatic carbocycles. The molecule has 1 rings (SSSR count). The minimum atomic E-state index is -4.18. The maximum absolute atomic E-state index is 12.2. The molecule has 8 heteroatoms. The molecule has 19 heavy (non-hydrogen) atoms. The molecule has 0 saturated carbocycles. The summed E-state index contributed by atoms with van der Waals surface area (Å²) in [4.78, 5) is 0. The molecule has 1 aromatic rings. The molecule has 1 atom stereocenters. The SMILES string of the molecule is CCc1nn(C)c(CC(CCC(F)(F)F)NN)c1Cl. The van der Waals surface area contributed by atoms with E-state index >= 15 is 0 Å². The lowest BCUT2D eigenvalue weighted by Gasteiger charge is -2.17. The van der Waals surface area contributed by atoms with Gasteiger partial charge in [0.05, 0.1) is 16.4 Å². The molecule has 1 heterocycles. The van der Waals surface area contributed by atoms with Crippen LogP contribution in [0, 0.1) is 0 Å². The summed E-state index contributed by atoms with van der Waals surface area (Å²) in [5, 5.41) is 4.73. The van der Waals surface area contributed by atoms with E-state index in [-0.39, 0.29) is 6.42 Å². The monoisotopic (exact) mass is 298 g/mol. The van der Waals surface area contributed by atoms with Crippen LogP contribution in [-0.2, 0) is 19.9 Å². The third-order valence-corrected chi connectivity index (χ3v) is 3.39. The highest BCUT2D eigenvalue weighted by molar-refractivity contribution is 6.31. The van der Waals surface area contributed by atoms with E-state index in [4.69, 9.17) is 17.4 Å². The predicted molar refractivity (Wildman–Crippen MR) is 67.7 cm³/mol. The van der Waals surface area contributed by atoms with Crippen molar-refractivity contribution in [2.45, 2.75) is 44.8 Å². The Morgan fingerprint density at radius 1 is 1.47 bits per heavy atom. The first-order chi connectivity index (χ1) is 8.78. The van der Waals surface area contributed by atoms with Crippen LogP contribution in [0.1, 0.15) is 31.2 Å². The van der Waals surface area contributed by atoms with Gasteiger partial charge in [0.2, 0.25) is 0 Å². The predicted octanol–water partition coefficient (Wildman–Crippen LogP) is 2.35. The van der Waals surface area contributed by atoms with Crippen LogP contribution in [0.25, 0.3) is 0 Å². The average molecular weight is 299 g/mol. The lowest BCUT2D eigenvalue weighted by Crippen LogP contribution is -2.38. The second kappa shape index (κ2) is 6.58. The van der Waals surface area contributed by atoms with Gasteiger partial charge >= 0.3 is 6.18 Å². The number of rotatable bonds is 6. The molecule has 0 aliphatic rings. The number of nitrogens with two attached hydrogens (primary N) is 1. The van der Waals surface area contributed by atoms with Crippen molar-refractivity contribution in [2.24, 2.45) is 12.9 Å². The first-order valence-corrected chi connectivity index (χ1v) is 6.39. The zero-order valence-corrected chi connectivity index (χ0v) is 11.6. The normalized spacial score (nSPS) is 13.8. The third kappa shape index (κ3) is 4.67. The van der Waals surface area contributed by atoms with Gasteiger partial charge in [-0.1, -0.05) is 18.5 Å². The summed E-state index contributed by atoms with van der Waals surface area (Å²) in [5.74, 6) is 5.30. The van der Waals surface area contributed by atoms with Crippen LogP contribution < -0.4 is 11.3 Å². The number of nitrogens with zero attached hydrogens (tertiary/aromatic N) is 2. The number of aromatic nitrogens is 2. The van der Waals surface area contributed by atoms with E-state index in [2.05, 4.69) is 10.5 Å². The van der Waals surface area contributed by atoms with Gasteiger partial charge in [-0.2, -0.15) is 18.3 Å². The van der Waals surface area contributed by atoms with Crippen molar-refractivity contribution >= 4 is 11.6 Å². The number of hydrogen-bond donors (Lipinski definition) is 2. The summed E-state index contributed by atoms with van der Waals surface area (Å²) in [6, 6.07) is -0.487. The zero-order chi connectivity index (χ0) is 14.6. The van der Waals surface area contributed by atoms with Gasteiger partial charge in [-0.05, 0) is 12.8 Å². The van der Waals surface area contributed by atoms with Crippen LogP contribution in [0.2, 0.25) is 5.02 Å². The minimum absolute atomic E-state index is 0.0943. The molecule has 0 aliphatic carbocycles. The Bertz CT molecular complexity index is 417. The van der Waals surface area contributed by atoms with Gasteiger partial charge in [-0.3, -0.25) is 16.0 Å². The molecule has 110 valence electrons. The molecular weight excluding hydrogens is 281 g/mol. The van der Waals surface area contributed by atoms with Crippen LogP contribution in [-0.4, -0.2) is 22.0 Å². The van der Waals surface area contributed by atoms with Gasteiger partial charge in [0.25, 0.3) is 0 Å². The number of hydrazine groups is 1. The first-order valence-electron chi connectivity index (χ1n) is 6.01. The smallest absolute Gasteiger partial charge is 0.271 e. The number of nitrogens with one attached hydrogen (secondary N) is 1. The fraction of sp³-hybridized carbons (Fsp3) is 0.727. The van der Waals surface area contributed by atoms with E-state index in [1.165, 1.54) is 0 Å². The fourth-order valence-electron chi connectivity index (χ4n) is 1.86. The summed E-state index contributed by atoms with van der Waals surface area (Å²) in [6.07, 6.45) is -4.16. The molecule has 0 radical (unpaired) electrons. The van der Waals surface area contributed by atoms with Crippen molar-refractivity contribution < 1.29 is 13.2 Å². The molecule has 0 aliphatic heterocycles. The minimum Gasteiger partial charge on any atom is -0.271 e. The molecule has 1 aromatic heterocycles. The van der Waals surface area contributed by atoms with E-state index < -0.39 is 18.6 Å². The molecule has 3 N–H and O–H groups in total. The Kier molecular flexibility index (Phi) is 5.64. The van der Waals surface area contributed by atoms with Gasteiger partial charge in [0.15, 0.2) is 0 Å². The van der Waals surface area contributed by atoms with Crippen molar-refractivity contribution in [3.05, 3.63) is 16.4 Å². The lowest BCUT2D eigenvalue weighted by atomic mass is 10.1. The van der Waals surface area contributed by atoms with Crippen molar-refractivity contribution in [3.63, 3.8) is 0 Å². The molecule has 0 bridgehead atoms. The Morgan fingerprint density at radius 2 is 2.11 bits per heavy atom. The quantitative estimate of drug-likeness (QED) is 0.626. The largest absolute Gasteiger partial charge is 0.389 e. The second-order valence-electron chi connectivity index (χ2n) is 4.41. The summed E-state index contributed by atoms with van der Waals surface area (Å²) < 4.78 is 38.2. The van der Waals surface area contributed by atoms with Crippen molar-refractivity contribution in [1.29, 1.82) is 0 Å². The highest BCUT2D eigenvalue weighted by Crippen LogP contribution is 2.25. The van der Waals surface area contributed by atoms with Crippen LogP contribution in [0.5, 0.6) is 0 Å². The number of aryl methyl sites for hydroxylation is 2. The van der Waals surface area contributed by atoms with Gasteiger partial charge in [-0.25, -0.2) is 0 Å². The van der Waals surface area contributed by atoms with Gasteiger partial charge in [-0.15, -0.1) is 0 Å². The van der Waals surface area contributed by atoms with Gasteiger partial charge in [0.1, 0.15) is 0 Å². The number of hydrogen-bond acceptors (Lipinski definition) is 3. The van der Waals surface area contributed by atoms with Crippen LogP contribution in [0.3, 0.4) is 0 Å². The zero-order valence-electron chi connectivity index (χ0n) is 10.9. The summed E-state index contributed by atoms with van der Waals surface area (Å²) in [5.41, 5.74) is 3.84. The molecule has 0 amide bonds. The Balaban J connectivity index is 2.73. The molecule has 0 spiro atoms. The van der Waals surface area contributed by atoms with Crippen LogP contribution in [0.4, 0.5) is 13.2 Å². The van der Waals surface area contributed by atoms with Crippen molar-refractivity contribution in [3.8, 4) is 0 Å². The molecule has 4 nitrogen and oxygen atoms in total. The average Bonchev–Trinajstić information content (AvgIpc) is 2.59. The van der Waals surface area contributed by atoms with E-state index in [9.17, 15) is 13.2 Å². The van der Waals surface area contributed by atoms with Crippen LogP contribution >= 0.6 is 11.6 Å². The number of halogens is 4. The maximum Gasteiger partial charge on any atom is 0.389 e. The maximum atomic E-state index is 12.2. The standard InChI is InChI=1S/C11H18ClF3N4/c1-3-8-10(12)9(19(2)18-8)6-7(17-16)4-5-11(13,14)15/h7,17H,3-6,16H2,1-2H3. The molecule has 0 fully saturated rings. The molecule has 1 unspecified atom stereocenters. The molecule has 0 saturated heterocycles.